The van der Waals surface area contributed by atoms with Crippen molar-refractivity contribution in [1.29, 1.82) is 0 Å². The second-order valence-electron chi connectivity index (χ2n) is 3.79. The van der Waals surface area contributed by atoms with Gasteiger partial charge in [0.2, 0.25) is 0 Å². The van der Waals surface area contributed by atoms with Gasteiger partial charge in [0, 0.05) is 25.0 Å². The van der Waals surface area contributed by atoms with Gasteiger partial charge in [0.15, 0.2) is 5.11 Å². The van der Waals surface area contributed by atoms with E-state index in [0.29, 0.717) is 18.3 Å². The normalized spacial score (nSPS) is 14.9. The Bertz CT molecular complexity index is 312. The highest BCUT2D eigenvalue weighted by Crippen LogP contribution is 2.06. The third-order valence-electron chi connectivity index (χ3n) is 2.35. The molecular weight excluding hydrogens is 222 g/mol. The number of likely N-dealkylation sites (N-methyl/N-ethyl adjacent to an activating group) is 1. The maximum Gasteiger partial charge on any atom is 0.166 e. The second-order valence-corrected chi connectivity index (χ2v) is 4.21. The van der Waals surface area contributed by atoms with Crippen molar-refractivity contribution in [2.24, 2.45) is 5.73 Å². The Morgan fingerprint density at radius 1 is 1.62 bits per heavy atom. The molecule has 1 aliphatic heterocycles. The standard InChI is InChI=1S/C11H19N3OS/c1-9-4-3-5-10(13-9)8-15-7-6-14(2)11(12)16/h4-5,13H,3,6-8H2,1-2H3,(H2,12,16). The molecule has 1 aliphatic rings. The van der Waals surface area contributed by atoms with Gasteiger partial charge < -0.3 is 20.7 Å². The summed E-state index contributed by atoms with van der Waals surface area (Å²) >= 11 is 4.83. The fraction of sp³-hybridized carbons (Fsp3) is 0.545. The van der Waals surface area contributed by atoms with Crippen molar-refractivity contribution in [2.45, 2.75) is 13.3 Å². The molecule has 0 saturated heterocycles. The fourth-order valence-electron chi connectivity index (χ4n) is 1.32. The molecule has 90 valence electrons. The molecule has 0 aromatic carbocycles. The summed E-state index contributed by atoms with van der Waals surface area (Å²) < 4.78 is 5.53. The van der Waals surface area contributed by atoms with Crippen LogP contribution in [-0.2, 0) is 4.74 Å². The van der Waals surface area contributed by atoms with Gasteiger partial charge >= 0.3 is 0 Å². The van der Waals surface area contributed by atoms with E-state index in [9.17, 15) is 0 Å². The summed E-state index contributed by atoms with van der Waals surface area (Å²) in [6.07, 6.45) is 5.25. The van der Waals surface area contributed by atoms with Crippen LogP contribution in [0.25, 0.3) is 0 Å². The van der Waals surface area contributed by atoms with E-state index < -0.39 is 0 Å². The zero-order valence-electron chi connectivity index (χ0n) is 9.82. The van der Waals surface area contributed by atoms with Crippen LogP contribution in [0, 0.1) is 0 Å². The van der Waals surface area contributed by atoms with Crippen LogP contribution in [0.3, 0.4) is 0 Å². The van der Waals surface area contributed by atoms with Crippen molar-refractivity contribution < 1.29 is 4.74 Å². The van der Waals surface area contributed by atoms with Gasteiger partial charge in [0.25, 0.3) is 0 Å². The minimum atomic E-state index is 0.400. The Morgan fingerprint density at radius 2 is 2.38 bits per heavy atom. The van der Waals surface area contributed by atoms with E-state index in [4.69, 9.17) is 22.7 Å². The molecule has 3 N–H and O–H groups in total. The summed E-state index contributed by atoms with van der Waals surface area (Å²) in [6, 6.07) is 0. The summed E-state index contributed by atoms with van der Waals surface area (Å²) in [7, 11) is 1.86. The summed E-state index contributed by atoms with van der Waals surface area (Å²) in [5.41, 5.74) is 7.75. The SMILES string of the molecule is CC1=CCC=C(COCCN(C)C(N)=S)N1. The molecule has 0 fully saturated rings. The van der Waals surface area contributed by atoms with Crippen LogP contribution in [0.15, 0.2) is 23.5 Å². The van der Waals surface area contributed by atoms with E-state index in [2.05, 4.69) is 17.5 Å². The third kappa shape index (κ3) is 4.63. The molecule has 0 unspecified atom stereocenters. The molecule has 5 heteroatoms. The van der Waals surface area contributed by atoms with Gasteiger partial charge in [0.1, 0.15) is 0 Å². The number of allylic oxidation sites excluding steroid dienone is 3. The lowest BCUT2D eigenvalue weighted by molar-refractivity contribution is 0.141. The van der Waals surface area contributed by atoms with Crippen LogP contribution >= 0.6 is 12.2 Å². The van der Waals surface area contributed by atoms with Crippen molar-refractivity contribution in [3.8, 4) is 0 Å². The van der Waals surface area contributed by atoms with E-state index in [1.807, 2.05) is 14.0 Å². The highest BCUT2D eigenvalue weighted by molar-refractivity contribution is 7.80. The van der Waals surface area contributed by atoms with E-state index in [-0.39, 0.29) is 0 Å². The number of rotatable bonds is 5. The number of nitrogens with one attached hydrogen (secondary N) is 1. The minimum absolute atomic E-state index is 0.400. The molecule has 4 nitrogen and oxygen atoms in total. The molecular formula is C11H19N3OS. The largest absolute Gasteiger partial charge is 0.376 e. The molecule has 0 amide bonds. The van der Waals surface area contributed by atoms with Gasteiger partial charge in [0.05, 0.1) is 13.2 Å². The Kier molecular flexibility index (Phi) is 5.28. The maximum absolute atomic E-state index is 5.53. The maximum atomic E-state index is 5.53. The molecule has 1 heterocycles. The average Bonchev–Trinajstić information content (AvgIpc) is 2.24. The monoisotopic (exact) mass is 241 g/mol. The van der Waals surface area contributed by atoms with Gasteiger partial charge in [-0.1, -0.05) is 12.2 Å². The first-order valence-electron chi connectivity index (χ1n) is 5.30. The molecule has 0 aromatic rings. The highest BCUT2D eigenvalue weighted by Gasteiger charge is 2.03. The van der Waals surface area contributed by atoms with Crippen LogP contribution in [0.2, 0.25) is 0 Å². The molecule has 0 bridgehead atoms. The number of dihydropyridines is 1. The average molecular weight is 241 g/mol. The third-order valence-corrected chi connectivity index (χ3v) is 2.66. The molecule has 0 aliphatic carbocycles. The van der Waals surface area contributed by atoms with Crippen LogP contribution in [0.4, 0.5) is 0 Å². The van der Waals surface area contributed by atoms with Gasteiger partial charge in [-0.2, -0.15) is 0 Å². The molecule has 0 spiro atoms. The first-order valence-corrected chi connectivity index (χ1v) is 5.71. The molecule has 16 heavy (non-hydrogen) atoms. The predicted octanol–water partition coefficient (Wildman–Crippen LogP) is 0.959. The Balaban J connectivity index is 2.12. The zero-order valence-corrected chi connectivity index (χ0v) is 10.6. The number of nitrogens with zero attached hydrogens (tertiary/aromatic N) is 1. The fourth-order valence-corrected chi connectivity index (χ4v) is 1.41. The van der Waals surface area contributed by atoms with E-state index in [0.717, 1.165) is 18.7 Å². The zero-order chi connectivity index (χ0) is 12.0. The Labute approximate surface area is 102 Å². The van der Waals surface area contributed by atoms with Gasteiger partial charge in [-0.3, -0.25) is 0 Å². The first-order chi connectivity index (χ1) is 7.59. The summed E-state index contributed by atoms with van der Waals surface area (Å²) in [4.78, 5) is 1.79. The van der Waals surface area contributed by atoms with Crippen LogP contribution < -0.4 is 11.1 Å². The quantitative estimate of drug-likeness (QED) is 0.554. The van der Waals surface area contributed by atoms with E-state index in [1.165, 1.54) is 5.70 Å². The Hall–Kier alpha value is -1.07. The van der Waals surface area contributed by atoms with Gasteiger partial charge in [-0.25, -0.2) is 0 Å². The number of nitrogens with two attached hydrogens (primary N) is 1. The van der Waals surface area contributed by atoms with E-state index in [1.54, 1.807) is 4.90 Å². The summed E-state index contributed by atoms with van der Waals surface area (Å²) in [6.45, 7) is 4.00. The van der Waals surface area contributed by atoms with Crippen molar-refractivity contribution in [2.75, 3.05) is 26.8 Å². The lowest BCUT2D eigenvalue weighted by Gasteiger charge is -2.18. The van der Waals surface area contributed by atoms with Crippen molar-refractivity contribution >= 4 is 17.3 Å². The minimum Gasteiger partial charge on any atom is -0.376 e. The molecule has 0 atom stereocenters. The number of thiocarbonyl (C=S) groups is 1. The van der Waals surface area contributed by atoms with Gasteiger partial charge in [-0.15, -0.1) is 0 Å². The number of hydrogen-bond acceptors (Lipinski definition) is 3. The van der Waals surface area contributed by atoms with Crippen LogP contribution in [0.5, 0.6) is 0 Å². The lowest BCUT2D eigenvalue weighted by atomic mass is 10.2. The topological polar surface area (TPSA) is 50.5 Å². The Morgan fingerprint density at radius 3 is 3.00 bits per heavy atom. The molecule has 0 aromatic heterocycles. The van der Waals surface area contributed by atoms with Crippen LogP contribution in [-0.4, -0.2) is 36.8 Å². The first kappa shape index (κ1) is 13.0. The number of ether oxygens (including phenoxy) is 1. The highest BCUT2D eigenvalue weighted by atomic mass is 32.1. The van der Waals surface area contributed by atoms with E-state index >= 15 is 0 Å². The predicted molar refractivity (Wildman–Crippen MR) is 69.8 cm³/mol. The summed E-state index contributed by atoms with van der Waals surface area (Å²) in [5, 5.41) is 3.66. The van der Waals surface area contributed by atoms with Crippen molar-refractivity contribution in [1.82, 2.24) is 10.2 Å². The summed E-state index contributed by atoms with van der Waals surface area (Å²) in [5.74, 6) is 0. The van der Waals surface area contributed by atoms with Gasteiger partial charge in [-0.05, 0) is 25.6 Å². The molecule has 0 radical (unpaired) electrons. The number of hydrogen-bond donors (Lipinski definition) is 2. The second kappa shape index (κ2) is 6.50. The molecule has 0 saturated carbocycles. The smallest absolute Gasteiger partial charge is 0.166 e. The van der Waals surface area contributed by atoms with Crippen molar-refractivity contribution in [3.05, 3.63) is 23.5 Å². The van der Waals surface area contributed by atoms with Crippen molar-refractivity contribution in [3.63, 3.8) is 0 Å². The lowest BCUT2D eigenvalue weighted by Crippen LogP contribution is -2.34. The molecule has 1 rings (SSSR count). The van der Waals surface area contributed by atoms with Crippen LogP contribution in [0.1, 0.15) is 13.3 Å².